The van der Waals surface area contributed by atoms with Crippen LogP contribution in [0.2, 0.25) is 0 Å². The lowest BCUT2D eigenvalue weighted by Crippen LogP contribution is -2.31. The maximum atomic E-state index is 5.38. The van der Waals surface area contributed by atoms with Crippen molar-refractivity contribution in [1.29, 1.82) is 0 Å². The number of anilines is 2. The molecule has 1 aromatic rings. The summed E-state index contributed by atoms with van der Waals surface area (Å²) in [5, 5.41) is 3.07. The van der Waals surface area contributed by atoms with Crippen molar-refractivity contribution < 1.29 is 4.74 Å². The number of nitrogens with one attached hydrogen (secondary N) is 1. The number of nitrogens with zero attached hydrogens (tertiary/aromatic N) is 3. The molecule has 0 amide bonds. The van der Waals surface area contributed by atoms with E-state index in [0.717, 1.165) is 24.0 Å². The minimum absolute atomic E-state index is 0.412. The van der Waals surface area contributed by atoms with Gasteiger partial charge in [0.05, 0.1) is 0 Å². The van der Waals surface area contributed by atoms with Crippen LogP contribution in [0.3, 0.4) is 0 Å². The van der Waals surface area contributed by atoms with Crippen LogP contribution in [0, 0.1) is 0 Å². The second kappa shape index (κ2) is 7.16. The van der Waals surface area contributed by atoms with Gasteiger partial charge < -0.3 is 15.0 Å². The molecule has 0 aliphatic carbocycles. The van der Waals surface area contributed by atoms with Gasteiger partial charge in [0.15, 0.2) is 5.82 Å². The molecule has 0 atom stereocenters. The Bertz CT molecular complexity index is 368. The summed E-state index contributed by atoms with van der Waals surface area (Å²) in [6, 6.07) is 2.38. The van der Waals surface area contributed by atoms with Crippen molar-refractivity contribution in [2.24, 2.45) is 0 Å². The van der Waals surface area contributed by atoms with Crippen LogP contribution < -0.4 is 10.2 Å². The van der Waals surface area contributed by atoms with Gasteiger partial charge in [0.1, 0.15) is 18.2 Å². The predicted molar refractivity (Wildman–Crippen MR) is 75.1 cm³/mol. The lowest BCUT2D eigenvalue weighted by Gasteiger charge is -2.26. The van der Waals surface area contributed by atoms with E-state index in [2.05, 4.69) is 41.0 Å². The Labute approximate surface area is 110 Å². The maximum Gasteiger partial charge on any atom is 0.158 e. The Kier molecular flexibility index (Phi) is 5.85. The van der Waals surface area contributed by atoms with E-state index in [9.17, 15) is 0 Å². The fourth-order valence-corrected chi connectivity index (χ4v) is 1.81. The number of aromatic nitrogens is 2. The third-order valence-electron chi connectivity index (χ3n) is 2.71. The minimum Gasteiger partial charge on any atom is -0.374 e. The van der Waals surface area contributed by atoms with E-state index in [1.54, 1.807) is 0 Å². The van der Waals surface area contributed by atoms with Crippen LogP contribution in [0.4, 0.5) is 11.6 Å². The van der Waals surface area contributed by atoms with E-state index in [4.69, 9.17) is 4.74 Å². The highest BCUT2D eigenvalue weighted by Gasteiger charge is 2.12. The van der Waals surface area contributed by atoms with Crippen molar-refractivity contribution in [3.63, 3.8) is 0 Å². The number of hydrogen-bond acceptors (Lipinski definition) is 5. The zero-order valence-electron chi connectivity index (χ0n) is 12.0. The van der Waals surface area contributed by atoms with Crippen LogP contribution in [-0.4, -0.2) is 36.2 Å². The number of hydrogen-bond donors (Lipinski definition) is 1. The number of rotatable bonds is 7. The second-order valence-corrected chi connectivity index (χ2v) is 4.29. The molecular weight excluding hydrogens is 228 g/mol. The molecule has 102 valence electrons. The molecule has 0 fully saturated rings. The third-order valence-corrected chi connectivity index (χ3v) is 2.71. The molecule has 0 unspecified atom stereocenters. The van der Waals surface area contributed by atoms with Crippen molar-refractivity contribution in [2.45, 2.75) is 40.3 Å². The zero-order valence-corrected chi connectivity index (χ0v) is 12.0. The molecule has 0 aliphatic heterocycles. The van der Waals surface area contributed by atoms with Crippen LogP contribution in [-0.2, 0) is 11.3 Å². The average molecular weight is 252 g/mol. The molecule has 0 aliphatic rings. The Morgan fingerprint density at radius 2 is 2.06 bits per heavy atom. The summed E-state index contributed by atoms with van der Waals surface area (Å²) in [7, 11) is 1.86. The molecule has 0 saturated heterocycles. The standard InChI is InChI=1S/C13H24N4O/c1-6-17(10(3)4)13-8-11(14-5)15-12(16-13)9-18-7-2/h8,10H,6-7,9H2,1-5H3,(H,14,15,16). The van der Waals surface area contributed by atoms with Crippen LogP contribution in [0.5, 0.6) is 0 Å². The molecule has 5 heteroatoms. The maximum absolute atomic E-state index is 5.38. The Morgan fingerprint density at radius 1 is 1.33 bits per heavy atom. The van der Waals surface area contributed by atoms with Gasteiger partial charge in [-0.3, -0.25) is 0 Å². The summed E-state index contributed by atoms with van der Waals surface area (Å²) in [5.74, 6) is 2.49. The molecule has 0 aromatic carbocycles. The molecule has 1 aromatic heterocycles. The van der Waals surface area contributed by atoms with Crippen LogP contribution in [0.15, 0.2) is 6.07 Å². The van der Waals surface area contributed by atoms with Gasteiger partial charge in [-0.25, -0.2) is 9.97 Å². The first kappa shape index (κ1) is 14.7. The Morgan fingerprint density at radius 3 is 2.56 bits per heavy atom. The fourth-order valence-electron chi connectivity index (χ4n) is 1.81. The Balaban J connectivity index is 3.02. The summed E-state index contributed by atoms with van der Waals surface area (Å²) < 4.78 is 5.38. The average Bonchev–Trinajstić information content (AvgIpc) is 2.36. The van der Waals surface area contributed by atoms with Gasteiger partial charge in [-0.2, -0.15) is 0 Å². The van der Waals surface area contributed by atoms with Gasteiger partial charge in [-0.1, -0.05) is 0 Å². The monoisotopic (exact) mass is 252 g/mol. The first-order valence-corrected chi connectivity index (χ1v) is 6.52. The number of ether oxygens (including phenoxy) is 1. The van der Waals surface area contributed by atoms with Gasteiger partial charge in [-0.05, 0) is 27.7 Å². The molecule has 5 nitrogen and oxygen atoms in total. The summed E-state index contributed by atoms with van der Waals surface area (Å²) in [6.07, 6.45) is 0. The SMILES string of the molecule is CCOCc1nc(NC)cc(N(CC)C(C)C)n1. The van der Waals surface area contributed by atoms with Gasteiger partial charge in [0, 0.05) is 32.3 Å². The molecule has 18 heavy (non-hydrogen) atoms. The second-order valence-electron chi connectivity index (χ2n) is 4.29. The predicted octanol–water partition coefficient (Wildman–Crippen LogP) is 2.29. The topological polar surface area (TPSA) is 50.3 Å². The van der Waals surface area contributed by atoms with E-state index in [1.807, 2.05) is 20.0 Å². The summed E-state index contributed by atoms with van der Waals surface area (Å²) >= 11 is 0. The lowest BCUT2D eigenvalue weighted by atomic mass is 10.3. The first-order chi connectivity index (χ1) is 8.62. The molecule has 1 rings (SSSR count). The van der Waals surface area contributed by atoms with Gasteiger partial charge in [-0.15, -0.1) is 0 Å². The van der Waals surface area contributed by atoms with Crippen LogP contribution in [0.1, 0.15) is 33.5 Å². The van der Waals surface area contributed by atoms with Gasteiger partial charge in [0.25, 0.3) is 0 Å². The highest BCUT2D eigenvalue weighted by Crippen LogP contribution is 2.18. The van der Waals surface area contributed by atoms with E-state index >= 15 is 0 Å². The molecule has 0 radical (unpaired) electrons. The summed E-state index contributed by atoms with van der Waals surface area (Å²) in [5.41, 5.74) is 0. The Hall–Kier alpha value is -1.36. The quantitative estimate of drug-likeness (QED) is 0.807. The molecule has 1 N–H and O–H groups in total. The molecule has 0 saturated carbocycles. The molecule has 0 bridgehead atoms. The van der Waals surface area contributed by atoms with Crippen molar-refractivity contribution in [1.82, 2.24) is 9.97 Å². The van der Waals surface area contributed by atoms with Crippen molar-refractivity contribution in [3.8, 4) is 0 Å². The smallest absolute Gasteiger partial charge is 0.158 e. The van der Waals surface area contributed by atoms with Crippen molar-refractivity contribution >= 4 is 11.6 Å². The third kappa shape index (κ3) is 3.84. The van der Waals surface area contributed by atoms with E-state index < -0.39 is 0 Å². The van der Waals surface area contributed by atoms with Crippen molar-refractivity contribution in [2.75, 3.05) is 30.4 Å². The van der Waals surface area contributed by atoms with Gasteiger partial charge >= 0.3 is 0 Å². The normalized spacial score (nSPS) is 10.8. The molecule has 1 heterocycles. The minimum atomic E-state index is 0.412. The van der Waals surface area contributed by atoms with Crippen LogP contribution in [0.25, 0.3) is 0 Å². The highest BCUT2D eigenvalue weighted by molar-refractivity contribution is 5.49. The lowest BCUT2D eigenvalue weighted by molar-refractivity contribution is 0.128. The van der Waals surface area contributed by atoms with Crippen LogP contribution >= 0.6 is 0 Å². The fraction of sp³-hybridized carbons (Fsp3) is 0.692. The molecule has 0 spiro atoms. The largest absolute Gasteiger partial charge is 0.374 e. The molecular formula is C13H24N4O. The van der Waals surface area contributed by atoms with E-state index in [-0.39, 0.29) is 0 Å². The summed E-state index contributed by atoms with van der Waals surface area (Å²) in [4.78, 5) is 11.2. The highest BCUT2D eigenvalue weighted by atomic mass is 16.5. The summed E-state index contributed by atoms with van der Waals surface area (Å²) in [6.45, 7) is 10.5. The van der Waals surface area contributed by atoms with Crippen molar-refractivity contribution in [3.05, 3.63) is 11.9 Å². The van der Waals surface area contributed by atoms with E-state index in [1.165, 1.54) is 0 Å². The van der Waals surface area contributed by atoms with Gasteiger partial charge in [0.2, 0.25) is 0 Å². The van der Waals surface area contributed by atoms with E-state index in [0.29, 0.717) is 19.3 Å². The first-order valence-electron chi connectivity index (χ1n) is 6.52. The zero-order chi connectivity index (χ0) is 13.5.